The van der Waals surface area contributed by atoms with E-state index in [1.807, 2.05) is 43.7 Å². The minimum Gasteiger partial charge on any atom is -0.489 e. The summed E-state index contributed by atoms with van der Waals surface area (Å²) in [6, 6.07) is 15.6. The Morgan fingerprint density at radius 3 is 2.36 bits per heavy atom. The van der Waals surface area contributed by atoms with Gasteiger partial charge >= 0.3 is 0 Å². The molecule has 2 aliphatic heterocycles. The van der Waals surface area contributed by atoms with Gasteiger partial charge < -0.3 is 14.6 Å². The summed E-state index contributed by atoms with van der Waals surface area (Å²) in [5.74, 6) is 0.869. The number of fused-ring (bicyclic) bond motifs is 3. The molecule has 0 radical (unpaired) electrons. The minimum atomic E-state index is -4.02. The summed E-state index contributed by atoms with van der Waals surface area (Å²) < 4.78 is 35.8. The summed E-state index contributed by atoms with van der Waals surface area (Å²) in [4.78, 5) is 14.6. The largest absolute Gasteiger partial charge is 0.489 e. The summed E-state index contributed by atoms with van der Waals surface area (Å²) in [7, 11) is -1.77. The average molecular weight is 507 g/mol. The Balaban J connectivity index is 0.000000205. The number of nitrogens with one attached hydrogen (secondary N) is 1. The highest BCUT2D eigenvalue weighted by Crippen LogP contribution is 2.36. The monoisotopic (exact) mass is 506 g/mol. The van der Waals surface area contributed by atoms with Gasteiger partial charge in [0.1, 0.15) is 17.5 Å². The standard InChI is InChI=1S/C20H22N4O.C7H8O3S/c1-24-15-2-3-16(24)10-18(9-15)25-17-4-5-19(22-12-17)14-8-13-6-7-21-20(13)23-11-14;1-6-2-4-7(5-3-6)11(8,9)10/h4-8,11-12,15-16,18H,2-3,9-10H2,1H3,(H,21,23);2-5H,1H3,(H,8,9,10). The second kappa shape index (κ2) is 10.0. The Kier molecular flexibility index (Phi) is 6.79. The first-order valence-electron chi connectivity index (χ1n) is 12.1. The van der Waals surface area contributed by atoms with Gasteiger partial charge in [0.25, 0.3) is 10.1 Å². The van der Waals surface area contributed by atoms with Gasteiger partial charge in [-0.25, -0.2) is 4.98 Å². The molecule has 0 spiro atoms. The topological polar surface area (TPSA) is 108 Å². The fourth-order valence-electron chi connectivity index (χ4n) is 5.06. The van der Waals surface area contributed by atoms with Gasteiger partial charge in [-0.05, 0) is 76.1 Å². The zero-order valence-electron chi connectivity index (χ0n) is 20.3. The van der Waals surface area contributed by atoms with E-state index in [0.29, 0.717) is 18.2 Å². The second-order valence-electron chi connectivity index (χ2n) is 9.57. The third-order valence-electron chi connectivity index (χ3n) is 7.11. The van der Waals surface area contributed by atoms with E-state index < -0.39 is 10.1 Å². The molecule has 5 heterocycles. The summed E-state index contributed by atoms with van der Waals surface area (Å²) >= 11 is 0. The van der Waals surface area contributed by atoms with Crippen LogP contribution in [0.3, 0.4) is 0 Å². The van der Waals surface area contributed by atoms with Crippen LogP contribution in [0.1, 0.15) is 31.2 Å². The van der Waals surface area contributed by atoms with E-state index in [2.05, 4.69) is 33.0 Å². The molecule has 9 heteroatoms. The number of H-pyrrole nitrogens is 1. The lowest BCUT2D eigenvalue weighted by Crippen LogP contribution is -2.43. The van der Waals surface area contributed by atoms with E-state index >= 15 is 0 Å². The molecule has 4 aromatic rings. The number of hydrogen-bond acceptors (Lipinski definition) is 6. The smallest absolute Gasteiger partial charge is 0.294 e. The van der Waals surface area contributed by atoms with Gasteiger partial charge in [-0.15, -0.1) is 0 Å². The maximum Gasteiger partial charge on any atom is 0.294 e. The van der Waals surface area contributed by atoms with Crippen LogP contribution in [-0.4, -0.2) is 58.1 Å². The van der Waals surface area contributed by atoms with Gasteiger partial charge in [-0.1, -0.05) is 17.7 Å². The van der Waals surface area contributed by atoms with Crippen LogP contribution in [0.25, 0.3) is 22.3 Å². The third kappa shape index (κ3) is 5.43. The molecule has 3 aromatic heterocycles. The minimum absolute atomic E-state index is 0.0666. The fourth-order valence-corrected chi connectivity index (χ4v) is 5.54. The highest BCUT2D eigenvalue weighted by Gasteiger charge is 2.39. The van der Waals surface area contributed by atoms with Crippen LogP contribution in [0.4, 0.5) is 0 Å². The molecule has 6 rings (SSSR count). The van der Waals surface area contributed by atoms with E-state index in [9.17, 15) is 8.42 Å². The maximum atomic E-state index is 10.5. The van der Waals surface area contributed by atoms with Crippen LogP contribution in [0, 0.1) is 6.92 Å². The molecule has 2 saturated heterocycles. The van der Waals surface area contributed by atoms with E-state index in [0.717, 1.165) is 46.4 Å². The molecule has 0 saturated carbocycles. The number of piperidine rings is 1. The van der Waals surface area contributed by atoms with Crippen molar-refractivity contribution in [2.24, 2.45) is 0 Å². The van der Waals surface area contributed by atoms with E-state index in [1.54, 1.807) is 12.1 Å². The Labute approximate surface area is 211 Å². The highest BCUT2D eigenvalue weighted by molar-refractivity contribution is 7.85. The number of aromatic nitrogens is 3. The molecule has 0 amide bonds. The van der Waals surface area contributed by atoms with Gasteiger partial charge in [0.15, 0.2) is 0 Å². The Morgan fingerprint density at radius 2 is 1.72 bits per heavy atom. The van der Waals surface area contributed by atoms with Crippen molar-refractivity contribution in [3.05, 3.63) is 72.7 Å². The lowest BCUT2D eigenvalue weighted by molar-refractivity contribution is 0.0659. The van der Waals surface area contributed by atoms with Crippen molar-refractivity contribution < 1.29 is 17.7 Å². The third-order valence-corrected chi connectivity index (χ3v) is 7.98. The predicted octanol–water partition coefficient (Wildman–Crippen LogP) is 4.87. The lowest BCUT2D eigenvalue weighted by Gasteiger charge is -2.36. The number of aromatic amines is 1. The Hall–Kier alpha value is -3.27. The second-order valence-corrected chi connectivity index (χ2v) is 11.0. The van der Waals surface area contributed by atoms with Crippen LogP contribution >= 0.6 is 0 Å². The molecule has 2 N–H and O–H groups in total. The van der Waals surface area contributed by atoms with Crippen LogP contribution in [0.5, 0.6) is 5.75 Å². The number of hydrogen-bond donors (Lipinski definition) is 2. The van der Waals surface area contributed by atoms with Crippen molar-refractivity contribution in [1.29, 1.82) is 0 Å². The van der Waals surface area contributed by atoms with Crippen molar-refractivity contribution in [2.75, 3.05) is 7.05 Å². The molecule has 2 unspecified atom stereocenters. The molecule has 0 aliphatic carbocycles. The summed E-state index contributed by atoms with van der Waals surface area (Å²) in [6.07, 6.45) is 10.8. The number of aryl methyl sites for hydroxylation is 1. The highest BCUT2D eigenvalue weighted by atomic mass is 32.2. The molecule has 2 atom stereocenters. The lowest BCUT2D eigenvalue weighted by atomic mass is 10.0. The number of benzene rings is 1. The normalized spacial score (nSPS) is 21.7. The van der Waals surface area contributed by atoms with Crippen molar-refractivity contribution in [2.45, 2.75) is 55.7 Å². The average Bonchev–Trinajstić information content (AvgIpc) is 3.39. The first-order valence-corrected chi connectivity index (χ1v) is 13.5. The number of nitrogens with zero attached hydrogens (tertiary/aromatic N) is 3. The molecule has 2 fully saturated rings. The molecule has 1 aromatic carbocycles. The van der Waals surface area contributed by atoms with Crippen LogP contribution in [-0.2, 0) is 10.1 Å². The molecular weight excluding hydrogens is 476 g/mol. The summed E-state index contributed by atoms with van der Waals surface area (Å²) in [5, 5.41) is 1.10. The van der Waals surface area contributed by atoms with E-state index in [1.165, 1.54) is 25.0 Å². The first-order chi connectivity index (χ1) is 17.3. The Bertz CT molecular complexity index is 1420. The van der Waals surface area contributed by atoms with Crippen molar-refractivity contribution >= 4 is 21.2 Å². The molecule has 36 heavy (non-hydrogen) atoms. The van der Waals surface area contributed by atoms with Gasteiger partial charge in [-0.2, -0.15) is 8.42 Å². The SMILES string of the molecule is CN1C2CCC1CC(Oc1ccc(-c3cnc4[nH]ccc4c3)nc1)C2.Cc1ccc(S(=O)(=O)O)cc1. The van der Waals surface area contributed by atoms with Crippen molar-refractivity contribution in [3.63, 3.8) is 0 Å². The van der Waals surface area contributed by atoms with Crippen LogP contribution in [0.2, 0.25) is 0 Å². The van der Waals surface area contributed by atoms with Crippen LogP contribution in [0.15, 0.2) is 72.0 Å². The molecular formula is C27H30N4O4S. The zero-order chi connectivity index (χ0) is 25.3. The number of ether oxygens (including phenoxy) is 1. The number of rotatable bonds is 4. The van der Waals surface area contributed by atoms with Crippen molar-refractivity contribution in [1.82, 2.24) is 19.9 Å². The van der Waals surface area contributed by atoms with Crippen molar-refractivity contribution in [3.8, 4) is 17.0 Å². The maximum absolute atomic E-state index is 10.5. The number of pyridine rings is 2. The summed E-state index contributed by atoms with van der Waals surface area (Å²) in [5.41, 5.74) is 3.81. The molecule has 8 nitrogen and oxygen atoms in total. The zero-order valence-corrected chi connectivity index (χ0v) is 21.1. The molecule has 188 valence electrons. The van der Waals surface area contributed by atoms with E-state index in [4.69, 9.17) is 9.29 Å². The quantitative estimate of drug-likeness (QED) is 0.380. The van der Waals surface area contributed by atoms with Gasteiger partial charge in [0.05, 0.1) is 16.8 Å². The van der Waals surface area contributed by atoms with Gasteiger partial charge in [0, 0.05) is 35.4 Å². The van der Waals surface area contributed by atoms with Crippen LogP contribution < -0.4 is 4.74 Å². The van der Waals surface area contributed by atoms with Gasteiger partial charge in [-0.3, -0.25) is 9.54 Å². The summed E-state index contributed by atoms with van der Waals surface area (Å²) in [6.45, 7) is 1.84. The van der Waals surface area contributed by atoms with E-state index in [-0.39, 0.29) is 4.90 Å². The van der Waals surface area contributed by atoms with Gasteiger partial charge in [0.2, 0.25) is 0 Å². The molecule has 2 aliphatic rings. The Morgan fingerprint density at radius 1 is 1.00 bits per heavy atom. The first kappa shape index (κ1) is 24.4. The molecule has 2 bridgehead atoms. The fraction of sp³-hybridized carbons (Fsp3) is 0.333. The predicted molar refractivity (Wildman–Crippen MR) is 139 cm³/mol.